The highest BCUT2D eigenvalue weighted by atomic mass is 16.5. The highest BCUT2D eigenvalue weighted by molar-refractivity contribution is 5.96. The van der Waals surface area contributed by atoms with E-state index in [9.17, 15) is 4.79 Å². The predicted molar refractivity (Wildman–Crippen MR) is 112 cm³/mol. The van der Waals surface area contributed by atoms with Crippen molar-refractivity contribution in [2.75, 3.05) is 13.2 Å². The molecule has 7 nitrogen and oxygen atoms in total. The van der Waals surface area contributed by atoms with Crippen molar-refractivity contribution in [3.8, 4) is 0 Å². The number of carbonyl (C=O) groups is 1. The number of para-hydroxylation sites is 1. The first-order valence-electron chi connectivity index (χ1n) is 11.1. The zero-order valence-corrected chi connectivity index (χ0v) is 17.5. The number of esters is 1. The van der Waals surface area contributed by atoms with E-state index in [0.717, 1.165) is 60.5 Å². The van der Waals surface area contributed by atoms with Gasteiger partial charge in [0.2, 0.25) is 5.76 Å². The van der Waals surface area contributed by atoms with Gasteiger partial charge in [-0.3, -0.25) is 4.90 Å². The maximum Gasteiger partial charge on any atom is 0.374 e. The van der Waals surface area contributed by atoms with Crippen molar-refractivity contribution in [2.45, 2.75) is 64.6 Å². The molecule has 158 valence electrons. The number of carbonyl (C=O) groups excluding carboxylic acids is 1. The maximum atomic E-state index is 12.6. The lowest BCUT2D eigenvalue weighted by atomic mass is 10.1. The molecule has 2 aliphatic heterocycles. The van der Waals surface area contributed by atoms with E-state index in [-0.39, 0.29) is 6.04 Å². The third-order valence-electron chi connectivity index (χ3n) is 6.32. The van der Waals surface area contributed by atoms with Crippen LogP contribution in [-0.2, 0) is 24.2 Å². The molecule has 1 aromatic carbocycles. The number of ether oxygens (including phenoxy) is 1. The Morgan fingerprint density at radius 2 is 2.07 bits per heavy atom. The van der Waals surface area contributed by atoms with Crippen LogP contribution in [0.15, 0.2) is 28.7 Å². The van der Waals surface area contributed by atoms with Crippen LogP contribution >= 0.6 is 0 Å². The zero-order chi connectivity index (χ0) is 20.5. The van der Waals surface area contributed by atoms with Crippen LogP contribution in [0.1, 0.15) is 72.8 Å². The van der Waals surface area contributed by atoms with E-state index in [2.05, 4.69) is 19.7 Å². The minimum Gasteiger partial charge on any atom is -0.460 e. The molecule has 5 rings (SSSR count). The van der Waals surface area contributed by atoms with Gasteiger partial charge in [0.1, 0.15) is 17.2 Å². The Kier molecular flexibility index (Phi) is 5.29. The summed E-state index contributed by atoms with van der Waals surface area (Å²) >= 11 is 0. The van der Waals surface area contributed by atoms with Gasteiger partial charge in [-0.15, -0.1) is 10.2 Å². The first-order valence-corrected chi connectivity index (χ1v) is 11.1. The van der Waals surface area contributed by atoms with Crippen molar-refractivity contribution < 1.29 is 13.9 Å². The number of rotatable bonds is 5. The molecule has 30 heavy (non-hydrogen) atoms. The standard InChI is InChI=1S/C23H28N4O3/c1-2-29-23(28)21-17(16-9-5-6-11-19(16)30-21)15-26-13-8-10-18(26)22-25-24-20-12-4-3-7-14-27(20)22/h5-6,9,11,18H,2-4,7-8,10,12-15H2,1H3. The second-order valence-corrected chi connectivity index (χ2v) is 8.19. The first kappa shape index (κ1) is 19.3. The van der Waals surface area contributed by atoms with Gasteiger partial charge in [0.15, 0.2) is 0 Å². The van der Waals surface area contributed by atoms with Crippen LogP contribution < -0.4 is 0 Å². The van der Waals surface area contributed by atoms with Crippen molar-refractivity contribution in [2.24, 2.45) is 0 Å². The van der Waals surface area contributed by atoms with Crippen molar-refractivity contribution >= 4 is 16.9 Å². The summed E-state index contributed by atoms with van der Waals surface area (Å²) in [5.74, 6) is 2.13. The van der Waals surface area contributed by atoms with Crippen molar-refractivity contribution in [1.82, 2.24) is 19.7 Å². The largest absolute Gasteiger partial charge is 0.460 e. The third kappa shape index (κ3) is 3.41. The van der Waals surface area contributed by atoms with Gasteiger partial charge in [-0.25, -0.2) is 4.79 Å². The molecule has 7 heteroatoms. The van der Waals surface area contributed by atoms with Gasteiger partial charge in [-0.05, 0) is 45.2 Å². The van der Waals surface area contributed by atoms with Crippen LogP contribution in [0.4, 0.5) is 0 Å². The molecule has 2 aromatic heterocycles. The van der Waals surface area contributed by atoms with Crippen molar-refractivity contribution in [3.05, 3.63) is 47.2 Å². The van der Waals surface area contributed by atoms with Gasteiger partial charge in [-0.1, -0.05) is 24.6 Å². The summed E-state index contributed by atoms with van der Waals surface area (Å²) in [5, 5.41) is 10.1. The number of furan rings is 1. The Labute approximate surface area is 176 Å². The monoisotopic (exact) mass is 408 g/mol. The van der Waals surface area contributed by atoms with E-state index >= 15 is 0 Å². The number of benzene rings is 1. The lowest BCUT2D eigenvalue weighted by Crippen LogP contribution is -2.26. The summed E-state index contributed by atoms with van der Waals surface area (Å²) in [6.07, 6.45) is 6.81. The minimum absolute atomic E-state index is 0.216. The number of hydrogen-bond donors (Lipinski definition) is 0. The molecule has 2 aliphatic rings. The highest BCUT2D eigenvalue weighted by Crippen LogP contribution is 2.36. The molecule has 1 unspecified atom stereocenters. The molecule has 1 saturated heterocycles. The highest BCUT2D eigenvalue weighted by Gasteiger charge is 2.33. The van der Waals surface area contributed by atoms with E-state index in [0.29, 0.717) is 18.9 Å². The third-order valence-corrected chi connectivity index (χ3v) is 6.32. The number of hydrogen-bond acceptors (Lipinski definition) is 6. The molecular formula is C23H28N4O3. The molecule has 1 atom stereocenters. The first-order chi connectivity index (χ1) is 14.8. The number of likely N-dealkylation sites (tertiary alicyclic amines) is 1. The number of fused-ring (bicyclic) bond motifs is 2. The molecule has 0 bridgehead atoms. The lowest BCUT2D eigenvalue weighted by Gasteiger charge is -2.24. The van der Waals surface area contributed by atoms with Crippen LogP contribution in [0.3, 0.4) is 0 Å². The average Bonchev–Trinajstić information content (AvgIpc) is 3.42. The molecule has 0 radical (unpaired) electrons. The van der Waals surface area contributed by atoms with Crippen LogP contribution in [0.25, 0.3) is 11.0 Å². The molecule has 1 fully saturated rings. The van der Waals surface area contributed by atoms with Gasteiger partial charge in [0, 0.05) is 30.5 Å². The van der Waals surface area contributed by atoms with Gasteiger partial charge in [0.05, 0.1) is 12.6 Å². The second kappa shape index (κ2) is 8.22. The van der Waals surface area contributed by atoms with E-state index in [1.807, 2.05) is 31.2 Å². The molecule has 3 aromatic rings. The van der Waals surface area contributed by atoms with Crippen molar-refractivity contribution in [1.29, 1.82) is 0 Å². The quantitative estimate of drug-likeness (QED) is 0.587. The topological polar surface area (TPSA) is 73.4 Å². The summed E-state index contributed by atoms with van der Waals surface area (Å²) in [6.45, 7) is 4.75. The van der Waals surface area contributed by atoms with E-state index < -0.39 is 5.97 Å². The number of nitrogens with zero attached hydrogens (tertiary/aromatic N) is 4. The summed E-state index contributed by atoms with van der Waals surface area (Å²) in [6, 6.07) is 8.05. The average molecular weight is 409 g/mol. The summed E-state index contributed by atoms with van der Waals surface area (Å²) < 4.78 is 13.5. The maximum absolute atomic E-state index is 12.6. The molecular weight excluding hydrogens is 380 g/mol. The molecule has 0 aliphatic carbocycles. The molecule has 0 spiro atoms. The lowest BCUT2D eigenvalue weighted by molar-refractivity contribution is 0.0489. The summed E-state index contributed by atoms with van der Waals surface area (Å²) in [5.41, 5.74) is 1.63. The fourth-order valence-electron chi connectivity index (χ4n) is 4.88. The summed E-state index contributed by atoms with van der Waals surface area (Å²) in [4.78, 5) is 15.0. The smallest absolute Gasteiger partial charge is 0.374 e. The number of aromatic nitrogens is 3. The molecule has 4 heterocycles. The predicted octanol–water partition coefficient (Wildman–Crippen LogP) is 4.26. The Morgan fingerprint density at radius 1 is 1.17 bits per heavy atom. The van der Waals surface area contributed by atoms with Crippen molar-refractivity contribution in [3.63, 3.8) is 0 Å². The fourth-order valence-corrected chi connectivity index (χ4v) is 4.88. The van der Waals surface area contributed by atoms with E-state index in [1.165, 1.54) is 19.3 Å². The van der Waals surface area contributed by atoms with Crippen LogP contribution in [-0.4, -0.2) is 38.8 Å². The molecule has 0 saturated carbocycles. The Hall–Kier alpha value is -2.67. The van der Waals surface area contributed by atoms with Gasteiger partial charge in [0.25, 0.3) is 0 Å². The Bertz CT molecular complexity index is 1050. The minimum atomic E-state index is -0.393. The van der Waals surface area contributed by atoms with Crippen LogP contribution in [0, 0.1) is 0 Å². The Morgan fingerprint density at radius 3 is 2.97 bits per heavy atom. The van der Waals surface area contributed by atoms with Gasteiger partial charge in [-0.2, -0.15) is 0 Å². The van der Waals surface area contributed by atoms with Gasteiger partial charge < -0.3 is 13.7 Å². The van der Waals surface area contributed by atoms with Crippen LogP contribution in [0.5, 0.6) is 0 Å². The normalized spacial score (nSPS) is 19.7. The second-order valence-electron chi connectivity index (χ2n) is 8.19. The number of aryl methyl sites for hydroxylation is 1. The van der Waals surface area contributed by atoms with E-state index in [1.54, 1.807) is 0 Å². The van der Waals surface area contributed by atoms with E-state index in [4.69, 9.17) is 9.15 Å². The molecule has 0 amide bonds. The van der Waals surface area contributed by atoms with Gasteiger partial charge >= 0.3 is 5.97 Å². The zero-order valence-electron chi connectivity index (χ0n) is 17.5. The Balaban J connectivity index is 1.48. The van der Waals surface area contributed by atoms with Crippen LogP contribution in [0.2, 0.25) is 0 Å². The fraction of sp³-hybridized carbons (Fsp3) is 0.522. The molecule has 0 N–H and O–H groups in total. The summed E-state index contributed by atoms with van der Waals surface area (Å²) in [7, 11) is 0. The SMILES string of the molecule is CCOC(=O)c1oc2ccccc2c1CN1CCCC1c1nnc2n1CCCCC2.